The van der Waals surface area contributed by atoms with Crippen LogP contribution < -0.4 is 10.2 Å². The Kier molecular flexibility index (Phi) is 3.98. The third kappa shape index (κ3) is 2.72. The zero-order chi connectivity index (χ0) is 21.3. The number of hydrogen-bond donors (Lipinski definition) is 1. The zero-order valence-electron chi connectivity index (χ0n) is 17.3. The van der Waals surface area contributed by atoms with Crippen LogP contribution >= 0.6 is 0 Å². The highest BCUT2D eigenvalue weighted by Crippen LogP contribution is 2.65. The van der Waals surface area contributed by atoms with E-state index < -0.39 is 0 Å². The summed E-state index contributed by atoms with van der Waals surface area (Å²) in [5.41, 5.74) is 1.96. The van der Waals surface area contributed by atoms with E-state index in [0.717, 1.165) is 12.0 Å². The van der Waals surface area contributed by atoms with Crippen molar-refractivity contribution in [2.45, 2.75) is 19.4 Å². The fraction of sp³-hybridized carbons (Fsp3) is 0.346. The van der Waals surface area contributed by atoms with E-state index in [9.17, 15) is 14.4 Å². The van der Waals surface area contributed by atoms with Gasteiger partial charge in [-0.1, -0.05) is 48.6 Å². The van der Waals surface area contributed by atoms with E-state index in [1.165, 1.54) is 4.90 Å². The first-order valence-electron chi connectivity index (χ1n) is 11.1. The molecule has 7 rings (SSSR count). The molecule has 5 nitrogen and oxygen atoms in total. The van der Waals surface area contributed by atoms with Crippen molar-refractivity contribution in [3.05, 3.63) is 77.9 Å². The normalized spacial score (nSPS) is 33.1. The predicted octanol–water partition coefficient (Wildman–Crippen LogP) is 3.74. The van der Waals surface area contributed by atoms with Crippen LogP contribution in [0.25, 0.3) is 0 Å². The maximum absolute atomic E-state index is 13.3. The first kappa shape index (κ1) is 18.6. The Morgan fingerprint density at radius 3 is 2.23 bits per heavy atom. The van der Waals surface area contributed by atoms with Gasteiger partial charge in [0, 0.05) is 5.56 Å². The van der Waals surface area contributed by atoms with Crippen LogP contribution in [-0.2, 0) is 9.59 Å². The summed E-state index contributed by atoms with van der Waals surface area (Å²) in [7, 11) is 0. The van der Waals surface area contributed by atoms with Crippen molar-refractivity contribution in [1.82, 2.24) is 5.32 Å². The van der Waals surface area contributed by atoms with Crippen LogP contribution in [0.15, 0.2) is 66.7 Å². The van der Waals surface area contributed by atoms with E-state index >= 15 is 0 Å². The summed E-state index contributed by atoms with van der Waals surface area (Å²) in [6.45, 7) is 1.93. The molecular formula is C26H24N2O3. The van der Waals surface area contributed by atoms with Gasteiger partial charge < -0.3 is 5.32 Å². The zero-order valence-corrected chi connectivity index (χ0v) is 17.3. The van der Waals surface area contributed by atoms with Crippen molar-refractivity contribution >= 4 is 23.4 Å². The number of nitrogens with one attached hydrogen (secondary N) is 1. The minimum atomic E-state index is -0.234. The third-order valence-corrected chi connectivity index (χ3v) is 7.68. The topological polar surface area (TPSA) is 66.5 Å². The Labute approximate surface area is 181 Å². The maximum atomic E-state index is 13.3. The van der Waals surface area contributed by atoms with E-state index in [-0.39, 0.29) is 47.4 Å². The molecule has 2 saturated carbocycles. The van der Waals surface area contributed by atoms with Gasteiger partial charge in [-0.15, -0.1) is 0 Å². The number of hydrogen-bond acceptors (Lipinski definition) is 3. The average Bonchev–Trinajstić information content (AvgIpc) is 3.57. The molecule has 3 fully saturated rings. The van der Waals surface area contributed by atoms with Crippen molar-refractivity contribution in [3.8, 4) is 0 Å². The SMILES string of the molecule is C[C@H](NC(=O)c1cccc(N2C(=O)[C@@H]3[C@H]4C=C[C@@H]([C@@H]5C[C@H]45)[C@H]3C2=O)c1)c1ccccc1. The summed E-state index contributed by atoms with van der Waals surface area (Å²) < 4.78 is 0. The summed E-state index contributed by atoms with van der Waals surface area (Å²) in [6, 6.07) is 16.5. The molecule has 2 aromatic carbocycles. The molecule has 2 bridgehead atoms. The van der Waals surface area contributed by atoms with Crippen molar-refractivity contribution < 1.29 is 14.4 Å². The smallest absolute Gasteiger partial charge is 0.251 e. The lowest BCUT2D eigenvalue weighted by Crippen LogP contribution is -2.40. The summed E-state index contributed by atoms with van der Waals surface area (Å²) in [6.07, 6.45) is 5.48. The predicted molar refractivity (Wildman–Crippen MR) is 116 cm³/mol. The Morgan fingerprint density at radius 2 is 1.58 bits per heavy atom. The van der Waals surface area contributed by atoms with Crippen LogP contribution in [0.5, 0.6) is 0 Å². The highest BCUT2D eigenvalue weighted by molar-refractivity contribution is 6.23. The lowest BCUT2D eigenvalue weighted by molar-refractivity contribution is -0.124. The number of anilines is 1. The van der Waals surface area contributed by atoms with Crippen LogP contribution in [-0.4, -0.2) is 17.7 Å². The van der Waals surface area contributed by atoms with Gasteiger partial charge in [-0.3, -0.25) is 14.4 Å². The van der Waals surface area contributed by atoms with Gasteiger partial charge in [0.1, 0.15) is 0 Å². The van der Waals surface area contributed by atoms with Crippen molar-refractivity contribution in [1.29, 1.82) is 0 Å². The van der Waals surface area contributed by atoms with Crippen molar-refractivity contribution in [2.75, 3.05) is 4.90 Å². The van der Waals surface area contributed by atoms with Crippen LogP contribution in [0.2, 0.25) is 0 Å². The van der Waals surface area contributed by atoms with Crippen molar-refractivity contribution in [2.24, 2.45) is 35.5 Å². The molecule has 1 saturated heterocycles. The molecule has 5 heteroatoms. The summed E-state index contributed by atoms with van der Waals surface area (Å²) in [5, 5.41) is 3.00. The molecule has 3 amide bonds. The Bertz CT molecular complexity index is 1090. The van der Waals surface area contributed by atoms with Gasteiger partial charge in [0.15, 0.2) is 0 Å². The largest absolute Gasteiger partial charge is 0.346 e. The molecule has 2 aromatic rings. The minimum absolute atomic E-state index is 0.102. The van der Waals surface area contributed by atoms with E-state index in [4.69, 9.17) is 0 Å². The van der Waals surface area contributed by atoms with E-state index in [0.29, 0.717) is 23.1 Å². The average molecular weight is 412 g/mol. The fourth-order valence-electron chi connectivity index (χ4n) is 6.10. The molecule has 4 aliphatic carbocycles. The standard InChI is InChI=1S/C26H24N2O3/c1-14(15-6-3-2-4-7-15)27-24(29)16-8-5-9-17(12-16)28-25(30)22-18-10-11-19(21-13-20(18)21)23(22)26(28)31/h2-12,14,18-23H,13H2,1H3,(H,27,29)/t14-,18-,19-,20-,21+,22+,23+/m0/s1. The minimum Gasteiger partial charge on any atom is -0.346 e. The molecule has 1 heterocycles. The number of imide groups is 1. The van der Waals surface area contributed by atoms with Gasteiger partial charge in [-0.25, -0.2) is 4.90 Å². The number of amides is 3. The van der Waals surface area contributed by atoms with Crippen molar-refractivity contribution in [3.63, 3.8) is 0 Å². The van der Waals surface area contributed by atoms with Gasteiger partial charge in [0.2, 0.25) is 11.8 Å². The number of nitrogens with zero attached hydrogens (tertiary/aromatic N) is 1. The van der Waals surface area contributed by atoms with E-state index in [1.54, 1.807) is 24.3 Å². The van der Waals surface area contributed by atoms with Crippen LogP contribution in [0.1, 0.15) is 35.3 Å². The summed E-state index contributed by atoms with van der Waals surface area (Å²) in [5.74, 6) is 0.638. The van der Waals surface area contributed by atoms with E-state index in [1.807, 2.05) is 37.3 Å². The second kappa shape index (κ2) is 6.64. The molecule has 0 unspecified atom stereocenters. The summed E-state index contributed by atoms with van der Waals surface area (Å²) >= 11 is 0. The molecule has 156 valence electrons. The molecule has 1 N–H and O–H groups in total. The van der Waals surface area contributed by atoms with Gasteiger partial charge in [-0.05, 0) is 60.8 Å². The van der Waals surface area contributed by atoms with Crippen LogP contribution in [0, 0.1) is 35.5 Å². The van der Waals surface area contributed by atoms with Gasteiger partial charge in [0.05, 0.1) is 23.6 Å². The molecule has 7 atom stereocenters. The molecule has 5 aliphatic rings. The lowest BCUT2D eigenvalue weighted by Gasteiger charge is -2.37. The fourth-order valence-corrected chi connectivity index (χ4v) is 6.10. The van der Waals surface area contributed by atoms with Crippen LogP contribution in [0.3, 0.4) is 0 Å². The molecule has 0 aromatic heterocycles. The number of benzene rings is 2. The lowest BCUT2D eigenvalue weighted by atomic mass is 9.63. The number of allylic oxidation sites excluding steroid dienone is 2. The maximum Gasteiger partial charge on any atom is 0.251 e. The highest BCUT2D eigenvalue weighted by Gasteiger charge is 2.67. The van der Waals surface area contributed by atoms with E-state index in [2.05, 4.69) is 17.5 Å². The number of rotatable bonds is 4. The van der Waals surface area contributed by atoms with Gasteiger partial charge >= 0.3 is 0 Å². The molecule has 0 radical (unpaired) electrons. The second-order valence-electron chi connectivity index (χ2n) is 9.32. The Hall–Kier alpha value is -3.21. The highest BCUT2D eigenvalue weighted by atomic mass is 16.2. The molecular weight excluding hydrogens is 388 g/mol. The Balaban J connectivity index is 1.25. The van der Waals surface area contributed by atoms with Gasteiger partial charge in [0.25, 0.3) is 5.91 Å². The Morgan fingerprint density at radius 1 is 0.935 bits per heavy atom. The molecule has 1 aliphatic heterocycles. The second-order valence-corrected chi connectivity index (χ2v) is 9.32. The third-order valence-electron chi connectivity index (χ3n) is 7.68. The number of carbonyl (C=O) groups excluding carboxylic acids is 3. The first-order chi connectivity index (χ1) is 15.0. The quantitative estimate of drug-likeness (QED) is 0.615. The van der Waals surface area contributed by atoms with Gasteiger partial charge in [-0.2, -0.15) is 0 Å². The molecule has 0 spiro atoms. The first-order valence-corrected chi connectivity index (χ1v) is 11.1. The van der Waals surface area contributed by atoms with Crippen LogP contribution in [0.4, 0.5) is 5.69 Å². The molecule has 31 heavy (non-hydrogen) atoms. The number of carbonyl (C=O) groups is 3. The monoisotopic (exact) mass is 412 g/mol. The summed E-state index contributed by atoms with van der Waals surface area (Å²) in [4.78, 5) is 40.8.